The molecule has 0 spiro atoms. The van der Waals surface area contributed by atoms with E-state index >= 15 is 0 Å². The van der Waals surface area contributed by atoms with E-state index < -0.39 is 0 Å². The molecule has 0 aliphatic carbocycles. The number of methoxy groups -OCH3 is 1. The van der Waals surface area contributed by atoms with Crippen molar-refractivity contribution in [1.82, 2.24) is 9.97 Å². The number of aryl methyl sites for hydroxylation is 1. The van der Waals surface area contributed by atoms with E-state index in [1.807, 2.05) is 6.92 Å². The maximum atomic E-state index is 5.94. The van der Waals surface area contributed by atoms with Crippen molar-refractivity contribution in [3.05, 3.63) is 17.0 Å². The molecule has 4 nitrogen and oxygen atoms in total. The van der Waals surface area contributed by atoms with Crippen molar-refractivity contribution in [3.63, 3.8) is 0 Å². The van der Waals surface area contributed by atoms with Crippen LogP contribution in [-0.4, -0.2) is 29.7 Å². The maximum absolute atomic E-state index is 5.94. The minimum Gasteiger partial charge on any atom is -0.383 e. The Morgan fingerprint density at radius 2 is 2.18 bits per heavy atom. The molecule has 0 aromatic carbocycles. The highest BCUT2D eigenvalue weighted by Crippen LogP contribution is 2.14. The van der Waals surface area contributed by atoms with Gasteiger partial charge in [0, 0.05) is 19.6 Å². The Balaban J connectivity index is 2.73. The van der Waals surface area contributed by atoms with Crippen molar-refractivity contribution in [2.75, 3.05) is 19.0 Å². The molecule has 1 aromatic rings. The summed E-state index contributed by atoms with van der Waals surface area (Å²) in [5, 5.41) is 3.81. The summed E-state index contributed by atoms with van der Waals surface area (Å²) < 4.78 is 5.18. The Kier molecular flexibility index (Phi) is 6.22. The van der Waals surface area contributed by atoms with E-state index in [-0.39, 0.29) is 6.04 Å². The largest absolute Gasteiger partial charge is 0.383 e. The van der Waals surface area contributed by atoms with E-state index in [1.165, 1.54) is 0 Å². The average Bonchev–Trinajstić information content (AvgIpc) is 2.29. The van der Waals surface area contributed by atoms with Crippen LogP contribution >= 0.6 is 11.6 Å². The Bertz CT molecular complexity index is 341. The van der Waals surface area contributed by atoms with Gasteiger partial charge in [0.1, 0.15) is 16.8 Å². The van der Waals surface area contributed by atoms with Gasteiger partial charge in [-0.2, -0.15) is 0 Å². The van der Waals surface area contributed by atoms with Gasteiger partial charge in [-0.1, -0.05) is 31.9 Å². The van der Waals surface area contributed by atoms with E-state index in [2.05, 4.69) is 22.2 Å². The maximum Gasteiger partial charge on any atom is 0.134 e. The third-order valence-corrected chi connectivity index (χ3v) is 2.61. The van der Waals surface area contributed by atoms with Crippen molar-refractivity contribution in [2.45, 2.75) is 39.2 Å². The lowest BCUT2D eigenvalue weighted by Gasteiger charge is -2.18. The zero-order chi connectivity index (χ0) is 12.7. The van der Waals surface area contributed by atoms with Crippen LogP contribution in [0.25, 0.3) is 0 Å². The molecule has 0 radical (unpaired) electrons. The van der Waals surface area contributed by atoms with Gasteiger partial charge in [0.25, 0.3) is 0 Å². The summed E-state index contributed by atoms with van der Waals surface area (Å²) in [6.07, 6.45) is 2.91. The van der Waals surface area contributed by atoms with E-state index in [4.69, 9.17) is 16.3 Å². The highest BCUT2D eigenvalue weighted by Gasteiger charge is 2.09. The number of ether oxygens (including phenoxy) is 1. The van der Waals surface area contributed by atoms with E-state index in [9.17, 15) is 0 Å². The number of aromatic nitrogens is 2. The molecular weight excluding hydrogens is 238 g/mol. The molecular formula is C12H20ClN3O. The third kappa shape index (κ3) is 4.88. The molecule has 0 fully saturated rings. The van der Waals surface area contributed by atoms with Gasteiger partial charge in [0.15, 0.2) is 0 Å². The van der Waals surface area contributed by atoms with Crippen LogP contribution in [0.1, 0.15) is 32.5 Å². The zero-order valence-corrected chi connectivity index (χ0v) is 11.4. The Hall–Kier alpha value is -0.870. The fraction of sp³-hybridized carbons (Fsp3) is 0.667. The van der Waals surface area contributed by atoms with Gasteiger partial charge in [-0.15, -0.1) is 0 Å². The molecule has 1 rings (SSSR count). The first-order valence-electron chi connectivity index (χ1n) is 5.98. The second-order valence-corrected chi connectivity index (χ2v) is 4.32. The third-order valence-electron chi connectivity index (χ3n) is 2.41. The fourth-order valence-electron chi connectivity index (χ4n) is 1.65. The monoisotopic (exact) mass is 257 g/mol. The normalized spacial score (nSPS) is 12.5. The van der Waals surface area contributed by atoms with Crippen LogP contribution in [0.15, 0.2) is 6.07 Å². The van der Waals surface area contributed by atoms with Crippen LogP contribution in [0, 0.1) is 0 Å². The van der Waals surface area contributed by atoms with E-state index in [0.29, 0.717) is 11.8 Å². The first-order chi connectivity index (χ1) is 8.19. The Morgan fingerprint density at radius 1 is 1.41 bits per heavy atom. The number of nitrogens with one attached hydrogen (secondary N) is 1. The second-order valence-electron chi connectivity index (χ2n) is 3.93. The van der Waals surface area contributed by atoms with Gasteiger partial charge in [-0.05, 0) is 6.42 Å². The van der Waals surface area contributed by atoms with Crippen LogP contribution in [-0.2, 0) is 11.2 Å². The average molecular weight is 258 g/mol. The molecule has 96 valence electrons. The molecule has 1 N–H and O–H groups in total. The van der Waals surface area contributed by atoms with Gasteiger partial charge < -0.3 is 10.1 Å². The molecule has 0 saturated carbocycles. The van der Waals surface area contributed by atoms with Crippen LogP contribution < -0.4 is 5.32 Å². The summed E-state index contributed by atoms with van der Waals surface area (Å²) in [4.78, 5) is 8.53. The van der Waals surface area contributed by atoms with Crippen molar-refractivity contribution in [1.29, 1.82) is 0 Å². The van der Waals surface area contributed by atoms with Crippen molar-refractivity contribution in [3.8, 4) is 0 Å². The lowest BCUT2D eigenvalue weighted by atomic mass is 10.2. The minimum absolute atomic E-state index is 0.265. The standard InChI is InChI=1S/C12H20ClN3O/c1-4-6-9(8-17-3)14-12-7-10(13)15-11(5-2)16-12/h7,9H,4-6,8H2,1-3H3,(H,14,15,16). The number of hydrogen-bond acceptors (Lipinski definition) is 4. The van der Waals surface area contributed by atoms with Crippen molar-refractivity contribution < 1.29 is 4.74 Å². The molecule has 0 aliphatic rings. The highest BCUT2D eigenvalue weighted by molar-refractivity contribution is 6.29. The van der Waals surface area contributed by atoms with E-state index in [0.717, 1.165) is 30.9 Å². The molecule has 1 unspecified atom stereocenters. The summed E-state index contributed by atoms with van der Waals surface area (Å²) >= 11 is 5.94. The Labute approximate surface area is 108 Å². The first-order valence-corrected chi connectivity index (χ1v) is 6.36. The summed E-state index contributed by atoms with van der Waals surface area (Å²) in [7, 11) is 1.70. The lowest BCUT2D eigenvalue weighted by molar-refractivity contribution is 0.182. The smallest absolute Gasteiger partial charge is 0.134 e. The molecule has 17 heavy (non-hydrogen) atoms. The van der Waals surface area contributed by atoms with Gasteiger partial charge in [-0.3, -0.25) is 0 Å². The van der Waals surface area contributed by atoms with Crippen LogP contribution in [0.3, 0.4) is 0 Å². The predicted molar refractivity (Wildman–Crippen MR) is 70.6 cm³/mol. The number of nitrogens with zero attached hydrogens (tertiary/aromatic N) is 2. The SMILES string of the molecule is CCCC(COC)Nc1cc(Cl)nc(CC)n1. The van der Waals surface area contributed by atoms with Gasteiger partial charge in [0.2, 0.25) is 0 Å². The number of hydrogen-bond donors (Lipinski definition) is 1. The molecule has 0 bridgehead atoms. The summed E-state index contributed by atoms with van der Waals surface area (Å²) in [5.41, 5.74) is 0. The lowest BCUT2D eigenvalue weighted by Crippen LogP contribution is -2.25. The second kappa shape index (κ2) is 7.45. The number of anilines is 1. The summed E-state index contributed by atoms with van der Waals surface area (Å²) in [5.74, 6) is 1.53. The molecule has 1 aromatic heterocycles. The van der Waals surface area contributed by atoms with Crippen LogP contribution in [0.5, 0.6) is 0 Å². The molecule has 1 heterocycles. The molecule has 0 aliphatic heterocycles. The summed E-state index contributed by atoms with van der Waals surface area (Å²) in [6, 6.07) is 2.01. The van der Waals surface area contributed by atoms with Gasteiger partial charge >= 0.3 is 0 Å². The van der Waals surface area contributed by atoms with Crippen LogP contribution in [0.2, 0.25) is 5.15 Å². The zero-order valence-electron chi connectivity index (χ0n) is 10.7. The quantitative estimate of drug-likeness (QED) is 0.763. The van der Waals surface area contributed by atoms with Crippen LogP contribution in [0.4, 0.5) is 5.82 Å². The molecule has 0 amide bonds. The topological polar surface area (TPSA) is 47.0 Å². The highest BCUT2D eigenvalue weighted by atomic mass is 35.5. The van der Waals surface area contributed by atoms with Gasteiger partial charge in [-0.25, -0.2) is 9.97 Å². The van der Waals surface area contributed by atoms with Gasteiger partial charge in [0.05, 0.1) is 12.6 Å². The molecule has 0 saturated heterocycles. The Morgan fingerprint density at radius 3 is 2.76 bits per heavy atom. The first kappa shape index (κ1) is 14.2. The number of rotatable bonds is 7. The van der Waals surface area contributed by atoms with E-state index in [1.54, 1.807) is 13.2 Å². The molecule has 5 heteroatoms. The number of halogens is 1. The minimum atomic E-state index is 0.265. The predicted octanol–water partition coefficient (Wildman–Crippen LogP) is 2.92. The van der Waals surface area contributed by atoms with Crippen molar-refractivity contribution >= 4 is 17.4 Å². The summed E-state index contributed by atoms with van der Waals surface area (Å²) in [6.45, 7) is 4.82. The van der Waals surface area contributed by atoms with Crippen molar-refractivity contribution in [2.24, 2.45) is 0 Å². The molecule has 1 atom stereocenters. The fourth-order valence-corrected chi connectivity index (χ4v) is 1.85.